The molecule has 31 heavy (non-hydrogen) atoms. The third kappa shape index (κ3) is 9.53. The van der Waals surface area contributed by atoms with Crippen molar-refractivity contribution in [2.24, 2.45) is 0 Å². The Morgan fingerprint density at radius 3 is 2.19 bits per heavy atom. The molecule has 1 atom stereocenters. The van der Waals surface area contributed by atoms with E-state index >= 15 is 0 Å². The van der Waals surface area contributed by atoms with Crippen LogP contribution in [-0.2, 0) is 17.7 Å². The monoisotopic (exact) mass is 429 g/mol. The van der Waals surface area contributed by atoms with Gasteiger partial charge in [0.2, 0.25) is 0 Å². The van der Waals surface area contributed by atoms with Crippen LogP contribution in [0.4, 0.5) is 0 Å². The summed E-state index contributed by atoms with van der Waals surface area (Å²) in [6, 6.07) is 6.89. The van der Waals surface area contributed by atoms with Crippen molar-refractivity contribution >= 4 is 0 Å². The second-order valence-corrected chi connectivity index (χ2v) is 9.85. The van der Waals surface area contributed by atoms with Gasteiger partial charge in [0, 0.05) is 25.3 Å². The van der Waals surface area contributed by atoms with Gasteiger partial charge >= 0.3 is 0 Å². The van der Waals surface area contributed by atoms with Crippen LogP contribution in [0.2, 0.25) is 0 Å². The van der Waals surface area contributed by atoms with E-state index in [1.807, 2.05) is 0 Å². The zero-order valence-electron chi connectivity index (χ0n) is 20.2. The SMILES string of the molecule is CCCCCCCCCCCCCCCc1ccc2c(c1)OCN(CC1CCCO1)C2. The van der Waals surface area contributed by atoms with Crippen LogP contribution in [0.3, 0.4) is 0 Å². The zero-order chi connectivity index (χ0) is 21.6. The van der Waals surface area contributed by atoms with Crippen molar-refractivity contribution in [1.29, 1.82) is 0 Å². The number of hydrogen-bond donors (Lipinski definition) is 0. The lowest BCUT2D eigenvalue weighted by Gasteiger charge is -2.30. The fraction of sp³-hybridized carbons (Fsp3) is 0.786. The van der Waals surface area contributed by atoms with Gasteiger partial charge in [0.1, 0.15) is 12.5 Å². The molecule has 176 valence electrons. The minimum absolute atomic E-state index is 0.403. The Balaban J connectivity index is 1.20. The quantitative estimate of drug-likeness (QED) is 0.252. The first-order valence-electron chi connectivity index (χ1n) is 13.4. The number of aryl methyl sites for hydroxylation is 1. The largest absolute Gasteiger partial charge is 0.478 e. The third-order valence-corrected chi connectivity index (χ3v) is 6.98. The molecule has 3 heteroatoms. The molecule has 0 aromatic heterocycles. The van der Waals surface area contributed by atoms with Gasteiger partial charge in [-0.05, 0) is 37.3 Å². The summed E-state index contributed by atoms with van der Waals surface area (Å²) < 4.78 is 11.9. The van der Waals surface area contributed by atoms with Crippen LogP contribution in [0.15, 0.2) is 18.2 Å². The fourth-order valence-corrected chi connectivity index (χ4v) is 5.01. The number of benzene rings is 1. The van der Waals surface area contributed by atoms with Gasteiger partial charge in [0.05, 0.1) is 6.10 Å². The minimum atomic E-state index is 0.403. The van der Waals surface area contributed by atoms with Crippen LogP contribution in [-0.4, -0.2) is 30.9 Å². The summed E-state index contributed by atoms with van der Waals surface area (Å²) in [4.78, 5) is 2.38. The predicted molar refractivity (Wildman–Crippen MR) is 131 cm³/mol. The third-order valence-electron chi connectivity index (χ3n) is 6.98. The first-order chi connectivity index (χ1) is 15.3. The molecule has 3 nitrogen and oxygen atoms in total. The lowest BCUT2D eigenvalue weighted by Crippen LogP contribution is -2.37. The second-order valence-electron chi connectivity index (χ2n) is 9.85. The second kappa shape index (κ2) is 14.9. The van der Waals surface area contributed by atoms with Gasteiger partial charge in [-0.2, -0.15) is 0 Å². The van der Waals surface area contributed by atoms with E-state index < -0.39 is 0 Å². The number of hydrogen-bond acceptors (Lipinski definition) is 3. The average Bonchev–Trinajstić information content (AvgIpc) is 3.30. The Morgan fingerprint density at radius 2 is 1.55 bits per heavy atom. The highest BCUT2D eigenvalue weighted by atomic mass is 16.5. The van der Waals surface area contributed by atoms with Crippen LogP contribution in [0, 0.1) is 0 Å². The van der Waals surface area contributed by atoms with Gasteiger partial charge in [-0.1, -0.05) is 96.1 Å². The van der Waals surface area contributed by atoms with Gasteiger partial charge in [-0.3, -0.25) is 4.90 Å². The van der Waals surface area contributed by atoms with E-state index in [-0.39, 0.29) is 0 Å². The van der Waals surface area contributed by atoms with Crippen molar-refractivity contribution in [3.63, 3.8) is 0 Å². The maximum atomic E-state index is 6.08. The molecule has 2 heterocycles. The molecular formula is C28H47NO2. The van der Waals surface area contributed by atoms with E-state index in [0.717, 1.165) is 25.4 Å². The van der Waals surface area contributed by atoms with Gasteiger partial charge < -0.3 is 9.47 Å². The molecule has 0 aliphatic carbocycles. The first kappa shape index (κ1) is 24.6. The number of fused-ring (bicyclic) bond motifs is 1. The zero-order valence-corrected chi connectivity index (χ0v) is 20.2. The number of unbranched alkanes of at least 4 members (excludes halogenated alkanes) is 12. The molecule has 1 unspecified atom stereocenters. The molecule has 0 spiro atoms. The van der Waals surface area contributed by atoms with E-state index in [0.29, 0.717) is 12.8 Å². The van der Waals surface area contributed by atoms with E-state index in [4.69, 9.17) is 9.47 Å². The Hall–Kier alpha value is -1.06. The fourth-order valence-electron chi connectivity index (χ4n) is 5.01. The van der Waals surface area contributed by atoms with Crippen LogP contribution in [0.1, 0.15) is 114 Å². The topological polar surface area (TPSA) is 21.7 Å². The lowest BCUT2D eigenvalue weighted by molar-refractivity contribution is 0.0279. The molecule has 2 aliphatic heterocycles. The highest BCUT2D eigenvalue weighted by molar-refractivity contribution is 5.38. The van der Waals surface area contributed by atoms with Gasteiger partial charge in [-0.15, -0.1) is 0 Å². The summed E-state index contributed by atoms with van der Waals surface area (Å²) in [6.45, 7) is 5.92. The summed E-state index contributed by atoms with van der Waals surface area (Å²) >= 11 is 0. The summed E-state index contributed by atoms with van der Waals surface area (Å²) in [5.41, 5.74) is 2.77. The molecule has 0 saturated carbocycles. The molecule has 3 rings (SSSR count). The molecular weight excluding hydrogens is 382 g/mol. The number of ether oxygens (including phenoxy) is 2. The summed E-state index contributed by atoms with van der Waals surface area (Å²) in [6.07, 6.45) is 22.4. The molecule has 2 aliphatic rings. The van der Waals surface area contributed by atoms with Crippen LogP contribution >= 0.6 is 0 Å². The molecule has 0 radical (unpaired) electrons. The van der Waals surface area contributed by atoms with E-state index in [9.17, 15) is 0 Å². The van der Waals surface area contributed by atoms with Gasteiger partial charge in [0.25, 0.3) is 0 Å². The Kier molecular flexibility index (Phi) is 11.8. The summed E-state index contributed by atoms with van der Waals surface area (Å²) in [5, 5.41) is 0. The summed E-state index contributed by atoms with van der Waals surface area (Å²) in [7, 11) is 0. The lowest BCUT2D eigenvalue weighted by atomic mass is 10.0. The normalized spacial score (nSPS) is 18.8. The molecule has 0 bridgehead atoms. The molecule has 1 saturated heterocycles. The van der Waals surface area contributed by atoms with Crippen LogP contribution < -0.4 is 4.74 Å². The van der Waals surface area contributed by atoms with Crippen molar-refractivity contribution in [2.45, 2.75) is 122 Å². The highest BCUT2D eigenvalue weighted by Gasteiger charge is 2.23. The maximum Gasteiger partial charge on any atom is 0.142 e. The molecule has 0 amide bonds. The van der Waals surface area contributed by atoms with E-state index in [1.54, 1.807) is 0 Å². The molecule has 0 N–H and O–H groups in total. The number of rotatable bonds is 16. The minimum Gasteiger partial charge on any atom is -0.478 e. The van der Waals surface area contributed by atoms with Crippen LogP contribution in [0.25, 0.3) is 0 Å². The predicted octanol–water partition coefficient (Wildman–Crippen LogP) is 7.65. The maximum absolute atomic E-state index is 6.08. The standard InChI is InChI=1S/C28H47NO2/c1-2-3-4-5-6-7-8-9-10-11-12-13-14-16-25-18-19-26-22-29(24-31-28(26)21-25)23-27-17-15-20-30-27/h18-19,21,27H,2-17,20,22-24H2,1H3. The Bertz CT molecular complexity index is 597. The Labute approximate surface area is 191 Å². The van der Waals surface area contributed by atoms with Crippen molar-refractivity contribution in [1.82, 2.24) is 4.90 Å². The van der Waals surface area contributed by atoms with Crippen molar-refractivity contribution in [3.8, 4) is 5.75 Å². The smallest absolute Gasteiger partial charge is 0.142 e. The summed E-state index contributed by atoms with van der Waals surface area (Å²) in [5.74, 6) is 1.11. The van der Waals surface area contributed by atoms with Crippen LogP contribution in [0.5, 0.6) is 5.75 Å². The van der Waals surface area contributed by atoms with Crippen molar-refractivity contribution in [2.75, 3.05) is 19.9 Å². The molecule has 1 fully saturated rings. The average molecular weight is 430 g/mol. The van der Waals surface area contributed by atoms with E-state index in [2.05, 4.69) is 30.0 Å². The Morgan fingerprint density at radius 1 is 0.871 bits per heavy atom. The van der Waals surface area contributed by atoms with Crippen molar-refractivity contribution < 1.29 is 9.47 Å². The van der Waals surface area contributed by atoms with Gasteiger partial charge in [0.15, 0.2) is 0 Å². The molecule has 1 aromatic carbocycles. The highest BCUT2D eigenvalue weighted by Crippen LogP contribution is 2.28. The first-order valence-corrected chi connectivity index (χ1v) is 13.4. The molecule has 1 aromatic rings. The van der Waals surface area contributed by atoms with Gasteiger partial charge in [-0.25, -0.2) is 0 Å². The van der Waals surface area contributed by atoms with E-state index in [1.165, 1.54) is 114 Å². The number of nitrogens with zero attached hydrogens (tertiary/aromatic N) is 1. The van der Waals surface area contributed by atoms with Crippen molar-refractivity contribution in [3.05, 3.63) is 29.3 Å².